The SMILES string of the molecule is COC(=O)N[C@H](C(=O)N[C@@H](Cc1ccc(C#Cc2cnc(N3CC4CCC(C3)N4C3COC3)nc2)cc1)[C@H](CN(Cc1c(F)cc(-c2ccn(C(F)F)n2)cc1F)NC(=O)[C@@H](NC(=O)OC)C(C)(C)C(F)(F)F)OC(=O)CC(C)(C)c1c(CC(=O)NC(CCP(=O)(O)O)C(=O)O)cc(C)cc1OP(=O)(O)O)C(C)(C)C(F)(F)F. The predicted octanol–water partition coefficient (Wildman–Crippen LogP) is 7.39. The summed E-state index contributed by atoms with van der Waals surface area (Å²) < 4.78 is 203. The largest absolute Gasteiger partial charge is 0.524 e. The van der Waals surface area contributed by atoms with Gasteiger partial charge in [-0.25, -0.2) is 47.4 Å². The van der Waals surface area contributed by atoms with E-state index in [1.807, 2.05) is 10.7 Å². The van der Waals surface area contributed by atoms with Crippen LogP contribution >= 0.6 is 15.4 Å². The average Bonchev–Trinajstić information content (AvgIpc) is 1.74. The number of amides is 5. The summed E-state index contributed by atoms with van der Waals surface area (Å²) >= 11 is 0. The molecule has 31 nitrogen and oxygen atoms in total. The average molecular weight is 1650 g/mol. The molecular weight excluding hydrogens is 1560 g/mol. The molecule has 618 valence electrons. The molecule has 8 rings (SSSR count). The number of aryl methyl sites for hydroxylation is 1. The zero-order valence-corrected chi connectivity index (χ0v) is 63.9. The van der Waals surface area contributed by atoms with E-state index in [9.17, 15) is 66.6 Å². The summed E-state index contributed by atoms with van der Waals surface area (Å²) in [6, 6.07) is 1.12. The fourth-order valence-corrected chi connectivity index (χ4v) is 14.2. The molecular formula is C70H84F10N12O19P2. The molecule has 113 heavy (non-hydrogen) atoms. The lowest BCUT2D eigenvalue weighted by Crippen LogP contribution is -2.64. The number of hydrazine groups is 1. The van der Waals surface area contributed by atoms with Crippen LogP contribution in [0.5, 0.6) is 5.75 Å². The quantitative estimate of drug-likeness (QED) is 0.00501. The van der Waals surface area contributed by atoms with Crippen molar-refractivity contribution >= 4 is 63.2 Å². The van der Waals surface area contributed by atoms with Gasteiger partial charge in [-0.2, -0.15) is 40.2 Å². The minimum Gasteiger partial charge on any atom is -0.480 e. The summed E-state index contributed by atoms with van der Waals surface area (Å²) in [5.41, 5.74) is -8.68. The first-order valence-corrected chi connectivity index (χ1v) is 38.0. The van der Waals surface area contributed by atoms with Crippen LogP contribution in [0, 0.1) is 41.2 Å². The number of carbonyl (C=O) groups excluding carboxylic acids is 6. The molecule has 3 aromatic carbocycles. The molecule has 10 N–H and O–H groups in total. The summed E-state index contributed by atoms with van der Waals surface area (Å²) in [7, 11) is -9.12. The molecule has 3 unspecified atom stereocenters. The van der Waals surface area contributed by atoms with Crippen molar-refractivity contribution in [3.05, 3.63) is 124 Å². The van der Waals surface area contributed by atoms with Crippen LogP contribution in [-0.2, 0) is 76.9 Å². The Labute approximate surface area is 639 Å². The smallest absolute Gasteiger partial charge is 0.480 e. The number of halogens is 10. The van der Waals surface area contributed by atoms with Crippen LogP contribution in [0.15, 0.2) is 73.2 Å². The van der Waals surface area contributed by atoms with E-state index in [1.165, 1.54) is 63.5 Å². The number of methoxy groups -OCH3 is 2. The number of piperazine rings is 1. The highest BCUT2D eigenvalue weighted by atomic mass is 31.2. The Morgan fingerprint density at radius 2 is 1.30 bits per heavy atom. The topological polar surface area (TPSA) is 414 Å². The fourth-order valence-electron chi connectivity index (χ4n) is 13.2. The van der Waals surface area contributed by atoms with E-state index >= 15 is 44.7 Å². The standard InChI is InChI=1S/C70H84F10N12O19P2/c1-37-22-42(27-54(93)83-50(61(97)98)19-21-112(101,102)103)56(52(23-37)111-113(104,105)106)66(2,3)28-55(94)110-53(34-90(88-60(96)58(86-65(100)108-9)68(6,7)70(78,79)80)33-46-47(71)25-41(26-48(46)72)49-18-20-91(87-49)62(73)74)51(84-59(95)57(85-64(99)107-8)67(4,5)69(75,76)77)24-39-13-10-38(11-14-39)12-15-40-29-81-63(82-30-40)89-31-43-16-17-44(32-89)92(43)45-35-109-36-45/h10-11,13-14,18,20,22-23,25-26,29-30,43-45,50-51,53,57-58,62H,16-17,19,21,24,27-28,31-36H2,1-9H3,(H,83,93)(H,84,95)(H,85,99)(H,86,100)(H,88,96)(H,97,98)(H2,101,102,103)(H2,104,105,106)/t43?,44?,50?,51-,53-,57+,58+/m0/s1. The number of esters is 1. The number of ether oxygens (including phenoxy) is 4. The number of phosphoric ester groups is 1. The monoisotopic (exact) mass is 1650 g/mol. The number of carboxylic acids is 1. The van der Waals surface area contributed by atoms with E-state index in [0.29, 0.717) is 95.8 Å². The van der Waals surface area contributed by atoms with E-state index in [-0.39, 0.29) is 39.0 Å². The number of hydrogen-bond acceptors (Lipinski definition) is 20. The molecule has 3 fully saturated rings. The van der Waals surface area contributed by atoms with E-state index < -0.39 is 207 Å². The van der Waals surface area contributed by atoms with Gasteiger partial charge in [-0.1, -0.05) is 43.9 Å². The summed E-state index contributed by atoms with van der Waals surface area (Å²) in [4.78, 5) is 151. The van der Waals surface area contributed by atoms with Crippen LogP contribution in [-0.4, -0.2) is 210 Å². The van der Waals surface area contributed by atoms with Gasteiger partial charge in [0.25, 0.3) is 5.91 Å². The number of nitrogens with one attached hydrogen (secondary N) is 5. The van der Waals surface area contributed by atoms with Crippen molar-refractivity contribution in [1.29, 1.82) is 0 Å². The molecule has 0 spiro atoms. The lowest BCUT2D eigenvalue weighted by molar-refractivity contribution is -0.221. The number of aromatic nitrogens is 4. The zero-order chi connectivity index (χ0) is 83.8. The van der Waals surface area contributed by atoms with Gasteiger partial charge in [0, 0.05) is 78.0 Å². The first kappa shape index (κ1) is 89.0. The minimum atomic E-state index is -5.68. The molecule has 3 aliphatic rings. The van der Waals surface area contributed by atoms with Gasteiger partial charge in [0.05, 0.1) is 87.2 Å². The summed E-state index contributed by atoms with van der Waals surface area (Å²) in [6.45, 7) is 2.21. The fraction of sp³-hybridized carbons (Fsp3) is 0.514. The molecule has 0 radical (unpaired) electrons. The van der Waals surface area contributed by atoms with Gasteiger partial charge in [0.2, 0.25) is 17.8 Å². The Bertz CT molecular complexity index is 4440. The zero-order valence-electron chi connectivity index (χ0n) is 62.1. The highest BCUT2D eigenvalue weighted by Gasteiger charge is 2.58. The Hall–Kier alpha value is -9.52. The number of alkyl carbamates (subject to hydrolysis) is 2. The third kappa shape index (κ3) is 23.1. The van der Waals surface area contributed by atoms with Crippen LogP contribution in [0.1, 0.15) is 113 Å². The molecule has 3 saturated heterocycles. The van der Waals surface area contributed by atoms with Crippen molar-refractivity contribution in [2.24, 2.45) is 10.8 Å². The lowest BCUT2D eigenvalue weighted by atomic mass is 9.77. The van der Waals surface area contributed by atoms with Gasteiger partial charge in [0.1, 0.15) is 41.6 Å². The third-order valence-corrected chi connectivity index (χ3v) is 20.7. The lowest BCUT2D eigenvalue weighted by Gasteiger charge is -2.47. The molecule has 5 amide bonds. The molecule has 2 bridgehead atoms. The molecule has 5 aromatic rings. The maximum atomic E-state index is 16.9. The number of carbonyl (C=O) groups is 7. The number of benzene rings is 3. The highest BCUT2D eigenvalue weighted by Crippen LogP contribution is 2.47. The van der Waals surface area contributed by atoms with Crippen molar-refractivity contribution < 1.29 is 135 Å². The van der Waals surface area contributed by atoms with Crippen LogP contribution in [0.25, 0.3) is 11.3 Å². The summed E-state index contributed by atoms with van der Waals surface area (Å²) in [5, 5.41) is 21.9. The minimum absolute atomic E-state index is 0.0434. The van der Waals surface area contributed by atoms with Crippen LogP contribution in [0.4, 0.5) is 59.4 Å². The number of alkyl halides is 8. The maximum absolute atomic E-state index is 16.9. The Balaban J connectivity index is 1.27. The van der Waals surface area contributed by atoms with Crippen molar-refractivity contribution in [3.8, 4) is 28.8 Å². The van der Waals surface area contributed by atoms with Crippen molar-refractivity contribution in [2.75, 3.05) is 58.1 Å². The number of fused-ring (bicyclic) bond motifs is 2. The van der Waals surface area contributed by atoms with Gasteiger partial charge in [0.15, 0.2) is 0 Å². The van der Waals surface area contributed by atoms with Gasteiger partial charge in [-0.05, 0) is 113 Å². The molecule has 7 atom stereocenters. The van der Waals surface area contributed by atoms with Crippen molar-refractivity contribution in [1.82, 2.24) is 56.4 Å². The number of hydrogen-bond donors (Lipinski definition) is 10. The normalized spacial score (nSPS) is 17.2. The second-order valence-electron chi connectivity index (χ2n) is 29.1. The van der Waals surface area contributed by atoms with E-state index in [2.05, 4.69) is 56.8 Å². The Morgan fingerprint density at radius 3 is 1.80 bits per heavy atom. The Morgan fingerprint density at radius 1 is 0.743 bits per heavy atom. The van der Waals surface area contributed by atoms with Gasteiger partial charge < -0.3 is 64.5 Å². The number of rotatable bonds is 32. The molecule has 0 aliphatic carbocycles. The number of aliphatic carboxylic acids is 1. The van der Waals surface area contributed by atoms with E-state index in [4.69, 9.17) is 14.0 Å². The predicted molar refractivity (Wildman–Crippen MR) is 377 cm³/mol. The molecule has 3 aliphatic heterocycles. The number of carboxylic acid groups (broad SMARTS) is 1. The number of nitrogens with zero attached hydrogens (tertiary/aromatic N) is 7. The van der Waals surface area contributed by atoms with Crippen molar-refractivity contribution in [2.45, 2.75) is 166 Å². The second kappa shape index (κ2) is 35.9. The Kier molecular flexibility index (Phi) is 28.3. The van der Waals surface area contributed by atoms with Gasteiger partial charge in [-0.15, -0.1) is 0 Å². The maximum Gasteiger partial charge on any atom is 0.524 e. The summed E-state index contributed by atoms with van der Waals surface area (Å²) in [6.07, 6.45) is -15.5. The van der Waals surface area contributed by atoms with Crippen LogP contribution in [0.2, 0.25) is 0 Å². The third-order valence-electron chi connectivity index (χ3n) is 19.4. The molecule has 5 heterocycles. The van der Waals surface area contributed by atoms with Gasteiger partial charge >= 0.3 is 58.4 Å². The van der Waals surface area contributed by atoms with Crippen LogP contribution in [0.3, 0.4) is 0 Å². The molecule has 2 aromatic heterocycles. The van der Waals surface area contributed by atoms with E-state index in [0.717, 1.165) is 38.3 Å². The van der Waals surface area contributed by atoms with Crippen molar-refractivity contribution in [3.63, 3.8) is 0 Å². The van der Waals surface area contributed by atoms with Gasteiger partial charge in [-0.3, -0.25) is 43.9 Å². The second-order valence-corrected chi connectivity index (χ2v) is 32.0. The summed E-state index contributed by atoms with van der Waals surface area (Å²) in [5.74, 6) is -5.76. The highest BCUT2D eigenvalue weighted by molar-refractivity contribution is 7.51. The number of phosphoric acid groups is 1. The van der Waals surface area contributed by atoms with Crippen LogP contribution < -0.4 is 36.1 Å². The van der Waals surface area contributed by atoms with E-state index in [1.54, 1.807) is 5.32 Å². The first-order chi connectivity index (χ1) is 52.5. The molecule has 43 heteroatoms. The first-order valence-electron chi connectivity index (χ1n) is 34.7. The number of anilines is 1. The molecule has 0 saturated carbocycles.